The highest BCUT2D eigenvalue weighted by Crippen LogP contribution is 2.36. The van der Waals surface area contributed by atoms with Crippen LogP contribution in [0.1, 0.15) is 12.8 Å². The standard InChI is InChI=1S/C13H18N4O3S/c14-12-9(4-1-5-11(12)21(15,19)20)17-6-2-3-8-10(17)7-16-13(8)18/h1,4-5,8,10H,2-3,6-7,14H2,(H,16,18)(H2,15,19,20). The van der Waals surface area contributed by atoms with Gasteiger partial charge in [-0.2, -0.15) is 0 Å². The van der Waals surface area contributed by atoms with E-state index in [4.69, 9.17) is 10.9 Å². The lowest BCUT2D eigenvalue weighted by Gasteiger charge is -2.38. The maximum Gasteiger partial charge on any atom is 0.240 e. The summed E-state index contributed by atoms with van der Waals surface area (Å²) < 4.78 is 23.2. The summed E-state index contributed by atoms with van der Waals surface area (Å²) in [7, 11) is -3.86. The van der Waals surface area contributed by atoms with Gasteiger partial charge >= 0.3 is 0 Å². The van der Waals surface area contributed by atoms with Gasteiger partial charge in [-0.25, -0.2) is 13.6 Å². The minimum Gasteiger partial charge on any atom is -0.396 e. The highest BCUT2D eigenvalue weighted by molar-refractivity contribution is 7.89. The Morgan fingerprint density at radius 3 is 2.81 bits per heavy atom. The highest BCUT2D eigenvalue weighted by atomic mass is 32.2. The van der Waals surface area contributed by atoms with Crippen molar-refractivity contribution in [2.75, 3.05) is 23.7 Å². The van der Waals surface area contributed by atoms with Crippen molar-refractivity contribution in [3.8, 4) is 0 Å². The Morgan fingerprint density at radius 2 is 2.10 bits per heavy atom. The smallest absolute Gasteiger partial charge is 0.240 e. The molecule has 2 aliphatic rings. The van der Waals surface area contributed by atoms with E-state index in [0.29, 0.717) is 12.2 Å². The van der Waals surface area contributed by atoms with Gasteiger partial charge in [0.15, 0.2) is 0 Å². The lowest BCUT2D eigenvalue weighted by molar-refractivity contribution is -0.122. The quantitative estimate of drug-likeness (QED) is 0.644. The molecule has 0 radical (unpaired) electrons. The van der Waals surface area contributed by atoms with E-state index in [-0.39, 0.29) is 28.4 Å². The van der Waals surface area contributed by atoms with E-state index in [9.17, 15) is 13.2 Å². The van der Waals surface area contributed by atoms with Crippen molar-refractivity contribution in [1.82, 2.24) is 5.32 Å². The van der Waals surface area contributed by atoms with Gasteiger partial charge in [0.2, 0.25) is 15.9 Å². The van der Waals surface area contributed by atoms with Crippen LogP contribution in [-0.2, 0) is 14.8 Å². The second-order valence-electron chi connectivity index (χ2n) is 5.49. The molecule has 1 aromatic rings. The number of benzene rings is 1. The number of nitrogens with two attached hydrogens (primary N) is 2. The zero-order chi connectivity index (χ0) is 15.2. The number of hydrogen-bond acceptors (Lipinski definition) is 5. The van der Waals surface area contributed by atoms with Crippen molar-refractivity contribution in [3.63, 3.8) is 0 Å². The summed E-state index contributed by atoms with van der Waals surface area (Å²) in [5.74, 6) is 0.00200. The largest absolute Gasteiger partial charge is 0.396 e. The monoisotopic (exact) mass is 310 g/mol. The molecule has 2 atom stereocenters. The summed E-state index contributed by atoms with van der Waals surface area (Å²) in [5.41, 5.74) is 6.80. The molecule has 2 unspecified atom stereocenters. The predicted molar refractivity (Wildman–Crippen MR) is 79.1 cm³/mol. The number of carbonyl (C=O) groups excluding carboxylic acids is 1. The van der Waals surface area contributed by atoms with E-state index in [1.165, 1.54) is 6.07 Å². The first-order chi connectivity index (χ1) is 9.89. The van der Waals surface area contributed by atoms with Gasteiger partial charge in [0.1, 0.15) is 4.90 Å². The number of nitrogens with zero attached hydrogens (tertiary/aromatic N) is 1. The molecule has 5 N–H and O–H groups in total. The molecule has 114 valence electrons. The molecule has 2 heterocycles. The lowest BCUT2D eigenvalue weighted by atomic mass is 9.91. The minimum atomic E-state index is -3.86. The molecule has 7 nitrogen and oxygen atoms in total. The van der Waals surface area contributed by atoms with Gasteiger partial charge in [-0.05, 0) is 25.0 Å². The van der Waals surface area contributed by atoms with Gasteiger partial charge in [-0.3, -0.25) is 4.79 Å². The highest BCUT2D eigenvalue weighted by Gasteiger charge is 2.41. The number of nitrogens with one attached hydrogen (secondary N) is 1. The third kappa shape index (κ3) is 2.34. The van der Waals surface area contributed by atoms with Crippen molar-refractivity contribution in [2.24, 2.45) is 11.1 Å². The van der Waals surface area contributed by atoms with Crippen molar-refractivity contribution in [2.45, 2.75) is 23.8 Å². The molecule has 3 rings (SSSR count). The molecule has 0 saturated carbocycles. The van der Waals surface area contributed by atoms with Crippen molar-refractivity contribution in [1.29, 1.82) is 0 Å². The number of nitrogen functional groups attached to an aromatic ring is 1. The van der Waals surface area contributed by atoms with Crippen LogP contribution in [0, 0.1) is 5.92 Å². The summed E-state index contributed by atoms with van der Waals surface area (Å²) in [4.78, 5) is 13.8. The molecule has 8 heteroatoms. The van der Waals surface area contributed by atoms with Gasteiger partial charge in [-0.15, -0.1) is 0 Å². The van der Waals surface area contributed by atoms with Gasteiger partial charge in [0.05, 0.1) is 23.3 Å². The van der Waals surface area contributed by atoms with Crippen LogP contribution in [0.3, 0.4) is 0 Å². The zero-order valence-corrected chi connectivity index (χ0v) is 12.3. The van der Waals surface area contributed by atoms with Gasteiger partial charge in [0, 0.05) is 13.1 Å². The molecule has 1 amide bonds. The average molecular weight is 310 g/mol. The Bertz CT molecular complexity index is 689. The normalized spacial score (nSPS) is 25.6. The number of sulfonamides is 1. The Labute approximate surface area is 123 Å². The molecule has 2 aliphatic heterocycles. The fourth-order valence-corrected chi connectivity index (χ4v) is 3.96. The van der Waals surface area contributed by atoms with E-state index in [1.807, 2.05) is 4.90 Å². The van der Waals surface area contributed by atoms with Crippen LogP contribution in [0.15, 0.2) is 23.1 Å². The Hall–Kier alpha value is -1.80. The number of fused-ring (bicyclic) bond motifs is 1. The number of amides is 1. The zero-order valence-electron chi connectivity index (χ0n) is 11.5. The molecule has 21 heavy (non-hydrogen) atoms. The van der Waals surface area contributed by atoms with Crippen molar-refractivity contribution < 1.29 is 13.2 Å². The first-order valence-electron chi connectivity index (χ1n) is 6.85. The maximum atomic E-state index is 11.8. The Balaban J connectivity index is 2.03. The van der Waals surface area contributed by atoms with Gasteiger partial charge in [-0.1, -0.05) is 6.07 Å². The molecule has 0 aliphatic carbocycles. The van der Waals surface area contributed by atoms with Gasteiger partial charge < -0.3 is 16.0 Å². The van der Waals surface area contributed by atoms with E-state index in [1.54, 1.807) is 12.1 Å². The molecule has 0 spiro atoms. The molecular weight excluding hydrogens is 292 g/mol. The molecule has 1 aromatic carbocycles. The van der Waals surface area contributed by atoms with Crippen molar-refractivity contribution >= 4 is 27.3 Å². The number of hydrogen-bond donors (Lipinski definition) is 3. The number of rotatable bonds is 2. The number of primary sulfonamides is 1. The molecule has 0 aromatic heterocycles. The average Bonchev–Trinajstić information content (AvgIpc) is 2.80. The van der Waals surface area contributed by atoms with Crippen LogP contribution >= 0.6 is 0 Å². The third-order valence-corrected chi connectivity index (χ3v) is 5.23. The SMILES string of the molecule is Nc1c(N2CCCC3C(=O)NCC32)cccc1S(N)(=O)=O. The second kappa shape index (κ2) is 4.88. The van der Waals surface area contributed by atoms with Crippen LogP contribution in [0.5, 0.6) is 0 Å². The fourth-order valence-electron chi connectivity index (χ4n) is 3.28. The second-order valence-corrected chi connectivity index (χ2v) is 7.02. The number of piperidine rings is 1. The molecular formula is C13H18N4O3S. The summed E-state index contributed by atoms with van der Waals surface area (Å²) in [6, 6.07) is 4.81. The molecule has 2 saturated heterocycles. The maximum absolute atomic E-state index is 11.8. The topological polar surface area (TPSA) is 119 Å². The van der Waals surface area contributed by atoms with E-state index in [0.717, 1.165) is 19.4 Å². The minimum absolute atomic E-state index is 0.0179. The lowest BCUT2D eigenvalue weighted by Crippen LogP contribution is -2.46. The van der Waals surface area contributed by atoms with Gasteiger partial charge in [0.25, 0.3) is 0 Å². The summed E-state index contributed by atoms with van der Waals surface area (Å²) in [6.07, 6.45) is 1.72. The number of para-hydroxylation sites is 1. The van der Waals surface area contributed by atoms with E-state index >= 15 is 0 Å². The molecule has 0 bridgehead atoms. The number of anilines is 2. The molecule has 2 fully saturated rings. The van der Waals surface area contributed by atoms with Crippen LogP contribution in [0.2, 0.25) is 0 Å². The third-order valence-electron chi connectivity index (χ3n) is 4.26. The first kappa shape index (κ1) is 14.2. The summed E-state index contributed by atoms with van der Waals surface area (Å²) in [5, 5.41) is 8.05. The predicted octanol–water partition coefficient (Wildman–Crippen LogP) is -0.369. The van der Waals surface area contributed by atoms with E-state index < -0.39 is 10.0 Å². The number of carbonyl (C=O) groups is 1. The van der Waals surface area contributed by atoms with Crippen molar-refractivity contribution in [3.05, 3.63) is 18.2 Å². The van der Waals surface area contributed by atoms with Crippen LogP contribution < -0.4 is 21.1 Å². The summed E-state index contributed by atoms with van der Waals surface area (Å²) >= 11 is 0. The first-order valence-corrected chi connectivity index (χ1v) is 8.40. The Kier molecular flexibility index (Phi) is 3.29. The Morgan fingerprint density at radius 1 is 1.33 bits per heavy atom. The van der Waals surface area contributed by atoms with Crippen LogP contribution in [0.4, 0.5) is 11.4 Å². The fraction of sp³-hybridized carbons (Fsp3) is 0.462. The van der Waals surface area contributed by atoms with Crippen LogP contribution in [-0.4, -0.2) is 33.5 Å². The van der Waals surface area contributed by atoms with Crippen LogP contribution in [0.25, 0.3) is 0 Å². The summed E-state index contributed by atoms with van der Waals surface area (Å²) in [6.45, 7) is 1.30. The van der Waals surface area contributed by atoms with E-state index in [2.05, 4.69) is 5.32 Å².